The maximum atomic E-state index is 6.59. The van der Waals surface area contributed by atoms with E-state index in [4.69, 9.17) is 11.6 Å². The highest BCUT2D eigenvalue weighted by Gasteiger charge is 2.32. The van der Waals surface area contributed by atoms with Crippen LogP contribution in [0.25, 0.3) is 0 Å². The van der Waals surface area contributed by atoms with Crippen molar-refractivity contribution in [1.29, 1.82) is 0 Å². The summed E-state index contributed by atoms with van der Waals surface area (Å²) in [7, 11) is 0. The third-order valence-corrected chi connectivity index (χ3v) is 6.16. The SMILES string of the molecule is CCCNC(c1cccc(Br)c1Cl)C1CCCCC1CC. The minimum absolute atomic E-state index is 0.389. The second-order valence-corrected chi connectivity index (χ2v) is 7.42. The van der Waals surface area contributed by atoms with E-state index in [0.717, 1.165) is 28.4 Å². The zero-order valence-corrected chi connectivity index (χ0v) is 15.5. The van der Waals surface area contributed by atoms with Crippen LogP contribution < -0.4 is 5.32 Å². The summed E-state index contributed by atoms with van der Waals surface area (Å²) in [6, 6.07) is 6.72. The van der Waals surface area contributed by atoms with Crippen LogP contribution in [0.1, 0.15) is 64.0 Å². The fourth-order valence-electron chi connectivity index (χ4n) is 3.73. The topological polar surface area (TPSA) is 12.0 Å². The normalized spacial score (nSPS) is 24.0. The number of rotatable bonds is 6. The summed E-state index contributed by atoms with van der Waals surface area (Å²) in [5, 5.41) is 4.66. The van der Waals surface area contributed by atoms with Gasteiger partial charge in [0.2, 0.25) is 0 Å². The molecule has 1 aromatic rings. The molecule has 0 bridgehead atoms. The third-order valence-electron chi connectivity index (χ3n) is 4.85. The fraction of sp³-hybridized carbons (Fsp3) is 0.667. The molecule has 2 rings (SSSR count). The highest BCUT2D eigenvalue weighted by molar-refractivity contribution is 9.10. The van der Waals surface area contributed by atoms with E-state index in [9.17, 15) is 0 Å². The fourth-order valence-corrected chi connectivity index (χ4v) is 4.36. The Balaban J connectivity index is 2.30. The molecule has 1 aromatic carbocycles. The minimum atomic E-state index is 0.389. The van der Waals surface area contributed by atoms with Crippen LogP contribution in [0.3, 0.4) is 0 Å². The van der Waals surface area contributed by atoms with Crippen LogP contribution in [-0.2, 0) is 0 Å². The minimum Gasteiger partial charge on any atom is -0.310 e. The van der Waals surface area contributed by atoms with Gasteiger partial charge in [-0.15, -0.1) is 0 Å². The van der Waals surface area contributed by atoms with E-state index in [1.165, 1.54) is 37.7 Å². The van der Waals surface area contributed by atoms with Gasteiger partial charge in [0.15, 0.2) is 0 Å². The average molecular weight is 373 g/mol. The van der Waals surface area contributed by atoms with Crippen LogP contribution >= 0.6 is 27.5 Å². The van der Waals surface area contributed by atoms with E-state index in [1.54, 1.807) is 0 Å². The standard InChI is InChI=1S/C18H27BrClN/c1-3-12-21-18(14-9-6-5-8-13(14)4-2)15-10-7-11-16(19)17(15)20/h7,10-11,13-14,18,21H,3-6,8-9,12H2,1-2H3. The van der Waals surface area contributed by atoms with Crippen molar-refractivity contribution < 1.29 is 0 Å². The van der Waals surface area contributed by atoms with Gasteiger partial charge in [-0.2, -0.15) is 0 Å². The molecule has 0 saturated heterocycles. The van der Waals surface area contributed by atoms with Gasteiger partial charge >= 0.3 is 0 Å². The Morgan fingerprint density at radius 3 is 2.76 bits per heavy atom. The van der Waals surface area contributed by atoms with Gasteiger partial charge in [-0.3, -0.25) is 0 Å². The van der Waals surface area contributed by atoms with Crippen molar-refractivity contribution in [2.24, 2.45) is 11.8 Å². The third kappa shape index (κ3) is 4.24. The van der Waals surface area contributed by atoms with Gasteiger partial charge in [0.1, 0.15) is 0 Å². The Morgan fingerprint density at radius 2 is 2.05 bits per heavy atom. The number of halogens is 2. The van der Waals surface area contributed by atoms with Crippen molar-refractivity contribution in [2.75, 3.05) is 6.54 Å². The maximum absolute atomic E-state index is 6.59. The molecule has 1 aliphatic rings. The van der Waals surface area contributed by atoms with Crippen molar-refractivity contribution in [3.63, 3.8) is 0 Å². The van der Waals surface area contributed by atoms with E-state index < -0.39 is 0 Å². The first-order chi connectivity index (χ1) is 10.2. The number of nitrogens with one attached hydrogen (secondary N) is 1. The van der Waals surface area contributed by atoms with Crippen molar-refractivity contribution in [3.05, 3.63) is 33.3 Å². The Bertz CT molecular complexity index is 449. The van der Waals surface area contributed by atoms with Gasteiger partial charge in [-0.1, -0.05) is 63.3 Å². The average Bonchev–Trinajstić information content (AvgIpc) is 2.52. The van der Waals surface area contributed by atoms with Gasteiger partial charge in [-0.25, -0.2) is 0 Å². The summed E-state index contributed by atoms with van der Waals surface area (Å²) in [6.45, 7) is 5.62. The molecule has 1 N–H and O–H groups in total. The quantitative estimate of drug-likeness (QED) is 0.612. The smallest absolute Gasteiger partial charge is 0.0595 e. The molecule has 118 valence electrons. The summed E-state index contributed by atoms with van der Waals surface area (Å²) in [5.74, 6) is 1.53. The molecule has 0 aromatic heterocycles. The Hall–Kier alpha value is -0.0500. The van der Waals surface area contributed by atoms with E-state index in [0.29, 0.717) is 12.0 Å². The largest absolute Gasteiger partial charge is 0.310 e. The summed E-state index contributed by atoms with van der Waals surface area (Å²) in [6.07, 6.45) is 7.88. The van der Waals surface area contributed by atoms with Crippen molar-refractivity contribution >= 4 is 27.5 Å². The van der Waals surface area contributed by atoms with Gasteiger partial charge in [0.05, 0.1) is 5.02 Å². The second-order valence-electron chi connectivity index (χ2n) is 6.19. The lowest BCUT2D eigenvalue weighted by Crippen LogP contribution is -2.35. The summed E-state index contributed by atoms with van der Waals surface area (Å²) in [5.41, 5.74) is 1.27. The lowest BCUT2D eigenvalue weighted by Gasteiger charge is -2.38. The molecular formula is C18H27BrClN. The lowest BCUT2D eigenvalue weighted by molar-refractivity contribution is 0.175. The Morgan fingerprint density at radius 1 is 1.29 bits per heavy atom. The number of benzene rings is 1. The predicted molar refractivity (Wildman–Crippen MR) is 95.9 cm³/mol. The van der Waals surface area contributed by atoms with E-state index in [-0.39, 0.29) is 0 Å². The van der Waals surface area contributed by atoms with E-state index >= 15 is 0 Å². The monoisotopic (exact) mass is 371 g/mol. The van der Waals surface area contributed by atoms with Crippen LogP contribution in [0.5, 0.6) is 0 Å². The number of hydrogen-bond acceptors (Lipinski definition) is 1. The van der Waals surface area contributed by atoms with Crippen LogP contribution in [0.15, 0.2) is 22.7 Å². The molecule has 0 amide bonds. The molecule has 1 fully saturated rings. The Labute approximate surface area is 143 Å². The molecule has 1 aliphatic carbocycles. The molecule has 1 saturated carbocycles. The molecule has 1 nitrogen and oxygen atoms in total. The maximum Gasteiger partial charge on any atom is 0.0595 e. The highest BCUT2D eigenvalue weighted by atomic mass is 79.9. The van der Waals surface area contributed by atoms with Crippen LogP contribution in [0.2, 0.25) is 5.02 Å². The zero-order valence-electron chi connectivity index (χ0n) is 13.2. The predicted octanol–water partition coefficient (Wildman–Crippen LogP) is 6.36. The van der Waals surface area contributed by atoms with Crippen LogP contribution in [0.4, 0.5) is 0 Å². The van der Waals surface area contributed by atoms with Crippen molar-refractivity contribution in [1.82, 2.24) is 5.32 Å². The molecule has 0 spiro atoms. The number of hydrogen-bond donors (Lipinski definition) is 1. The first kappa shape index (κ1) is 17.3. The summed E-state index contributed by atoms with van der Waals surface area (Å²) in [4.78, 5) is 0. The molecule has 3 heteroatoms. The molecule has 0 heterocycles. The molecule has 3 atom stereocenters. The van der Waals surface area contributed by atoms with Crippen LogP contribution in [0, 0.1) is 11.8 Å². The van der Waals surface area contributed by atoms with Gasteiger partial charge in [0, 0.05) is 10.5 Å². The molecule has 3 unspecified atom stereocenters. The summed E-state index contributed by atoms with van der Waals surface area (Å²) < 4.78 is 1.01. The Kier molecular flexibility index (Phi) is 7.04. The first-order valence-electron chi connectivity index (χ1n) is 8.36. The van der Waals surface area contributed by atoms with Crippen LogP contribution in [-0.4, -0.2) is 6.54 Å². The van der Waals surface area contributed by atoms with E-state index in [1.807, 2.05) is 6.07 Å². The molecule has 0 aliphatic heterocycles. The molecule has 21 heavy (non-hydrogen) atoms. The molecular weight excluding hydrogens is 346 g/mol. The van der Waals surface area contributed by atoms with Crippen molar-refractivity contribution in [2.45, 2.75) is 58.4 Å². The van der Waals surface area contributed by atoms with Gasteiger partial charge in [0.25, 0.3) is 0 Å². The second kappa shape index (κ2) is 8.55. The van der Waals surface area contributed by atoms with E-state index in [2.05, 4.69) is 47.2 Å². The van der Waals surface area contributed by atoms with Gasteiger partial charge < -0.3 is 5.32 Å². The molecule has 0 radical (unpaired) electrons. The highest BCUT2D eigenvalue weighted by Crippen LogP contribution is 2.43. The van der Waals surface area contributed by atoms with Crippen molar-refractivity contribution in [3.8, 4) is 0 Å². The van der Waals surface area contributed by atoms with Gasteiger partial charge in [-0.05, 0) is 58.8 Å². The lowest BCUT2D eigenvalue weighted by atomic mass is 9.72. The summed E-state index contributed by atoms with van der Waals surface area (Å²) >= 11 is 10.2. The first-order valence-corrected chi connectivity index (χ1v) is 9.53. The zero-order chi connectivity index (χ0) is 15.2.